The number of nitrogens with zero attached hydrogens (tertiary/aromatic N) is 1. The summed E-state index contributed by atoms with van der Waals surface area (Å²) < 4.78 is 44.1. The maximum atomic E-state index is 12.9. The molecule has 0 fully saturated rings. The quantitative estimate of drug-likeness (QED) is 0.537. The predicted octanol–water partition coefficient (Wildman–Crippen LogP) is 2.59. The Bertz CT molecular complexity index is 1030. The van der Waals surface area contributed by atoms with Crippen LogP contribution in [0.4, 0.5) is 18.0 Å². The number of likely N-dealkylation sites (N-methyl/N-ethyl adjacent to an activating group) is 1. The summed E-state index contributed by atoms with van der Waals surface area (Å²) in [5.41, 5.74) is 3.97. The molecule has 8 nitrogen and oxygen atoms in total. The highest BCUT2D eigenvalue weighted by Gasteiger charge is 2.47. The number of hydrogen-bond acceptors (Lipinski definition) is 5. The molecule has 1 aliphatic carbocycles. The van der Waals surface area contributed by atoms with Gasteiger partial charge in [-0.05, 0) is 36.3 Å². The minimum absolute atomic E-state index is 0.0591. The van der Waals surface area contributed by atoms with E-state index >= 15 is 0 Å². The summed E-state index contributed by atoms with van der Waals surface area (Å²) in [6.45, 7) is -0.239. The van der Waals surface area contributed by atoms with Crippen LogP contribution in [0.3, 0.4) is 0 Å². The van der Waals surface area contributed by atoms with E-state index in [1.165, 1.54) is 24.3 Å². The van der Waals surface area contributed by atoms with Crippen LogP contribution in [0, 0.1) is 0 Å². The van der Waals surface area contributed by atoms with Crippen molar-refractivity contribution in [3.05, 3.63) is 59.7 Å². The van der Waals surface area contributed by atoms with Gasteiger partial charge < -0.3 is 25.4 Å². The van der Waals surface area contributed by atoms with Gasteiger partial charge in [-0.3, -0.25) is 4.79 Å². The van der Waals surface area contributed by atoms with Crippen LogP contribution < -0.4 is 10.6 Å². The number of carboxylic acids is 1. The molecule has 0 aliphatic heterocycles. The van der Waals surface area contributed by atoms with Gasteiger partial charge in [0, 0.05) is 12.5 Å². The number of aliphatic carboxylic acids is 1. The highest BCUT2D eigenvalue weighted by Crippen LogP contribution is 2.44. The molecular formula is C23H24F3N3O5. The summed E-state index contributed by atoms with van der Waals surface area (Å²) in [5.74, 6) is -3.81. The number of carbonyl (C=O) groups excluding carboxylic acids is 2. The van der Waals surface area contributed by atoms with Crippen LogP contribution in [0.2, 0.25) is 0 Å². The second-order valence-corrected chi connectivity index (χ2v) is 8.11. The molecule has 0 saturated carbocycles. The van der Waals surface area contributed by atoms with Crippen LogP contribution in [0.25, 0.3) is 11.1 Å². The van der Waals surface area contributed by atoms with Gasteiger partial charge >= 0.3 is 18.2 Å². The fourth-order valence-electron chi connectivity index (χ4n) is 3.87. The number of ether oxygens (including phenoxy) is 1. The number of fused-ring (bicyclic) bond motifs is 3. The summed E-state index contributed by atoms with van der Waals surface area (Å²) in [5, 5.41) is 12.5. The number of hydrogen-bond donors (Lipinski definition) is 3. The van der Waals surface area contributed by atoms with E-state index in [4.69, 9.17) is 9.84 Å². The Morgan fingerprint density at radius 3 is 2.00 bits per heavy atom. The van der Waals surface area contributed by atoms with E-state index in [1.807, 2.05) is 48.5 Å². The van der Waals surface area contributed by atoms with Gasteiger partial charge in [0.05, 0.1) is 0 Å². The van der Waals surface area contributed by atoms with Crippen molar-refractivity contribution in [2.45, 2.75) is 24.2 Å². The smallest absolute Gasteiger partial charge is 0.419 e. The fraction of sp³-hybridized carbons (Fsp3) is 0.348. The van der Waals surface area contributed by atoms with Crippen molar-refractivity contribution in [2.24, 2.45) is 0 Å². The van der Waals surface area contributed by atoms with Gasteiger partial charge in [-0.2, -0.15) is 13.2 Å². The van der Waals surface area contributed by atoms with Crippen molar-refractivity contribution < 1.29 is 37.4 Å². The highest BCUT2D eigenvalue weighted by molar-refractivity contribution is 5.89. The van der Waals surface area contributed by atoms with E-state index in [-0.39, 0.29) is 19.1 Å². The van der Waals surface area contributed by atoms with E-state index in [1.54, 1.807) is 0 Å². The number of alkyl carbamates (subject to hydrolysis) is 1. The lowest BCUT2D eigenvalue weighted by molar-refractivity contribution is -0.182. The molecule has 11 heteroatoms. The maximum Gasteiger partial charge on any atom is 0.419 e. The van der Waals surface area contributed by atoms with Crippen molar-refractivity contribution in [1.29, 1.82) is 0 Å². The SMILES string of the molecule is CN(C)C[C@H](NC(=O)OCC1c2ccccc2-c2ccccc21)C(=O)NC(C(=O)O)C(F)(F)F. The van der Waals surface area contributed by atoms with Crippen LogP contribution >= 0.6 is 0 Å². The Morgan fingerprint density at radius 1 is 1.00 bits per heavy atom. The van der Waals surface area contributed by atoms with Crippen LogP contribution in [-0.4, -0.2) is 73.5 Å². The molecule has 182 valence electrons. The zero-order chi connectivity index (χ0) is 25.0. The minimum Gasteiger partial charge on any atom is -0.479 e. The van der Waals surface area contributed by atoms with Gasteiger partial charge in [-0.15, -0.1) is 0 Å². The number of carboxylic acid groups (broad SMARTS) is 1. The number of halogens is 3. The molecule has 3 rings (SSSR count). The third kappa shape index (κ3) is 5.66. The van der Waals surface area contributed by atoms with Crippen molar-refractivity contribution in [1.82, 2.24) is 15.5 Å². The number of amides is 2. The molecule has 1 unspecified atom stereocenters. The summed E-state index contributed by atoms with van der Waals surface area (Å²) in [6, 6.07) is 10.7. The van der Waals surface area contributed by atoms with E-state index in [0.29, 0.717) is 0 Å². The van der Waals surface area contributed by atoms with E-state index in [2.05, 4.69) is 5.32 Å². The molecule has 0 aromatic heterocycles. The number of rotatable bonds is 8. The molecule has 2 aromatic rings. The first-order valence-corrected chi connectivity index (χ1v) is 10.3. The molecule has 0 spiro atoms. The topological polar surface area (TPSA) is 108 Å². The van der Waals surface area contributed by atoms with Crippen molar-refractivity contribution >= 4 is 18.0 Å². The number of alkyl halides is 3. The summed E-state index contributed by atoms with van der Waals surface area (Å²) >= 11 is 0. The Balaban J connectivity index is 1.69. The standard InChI is InChI=1S/C23H24F3N3O5/c1-29(2)11-18(20(30)28-19(21(31)32)23(24,25)26)27-22(33)34-12-17-15-9-5-3-7-13(15)14-8-4-6-10-16(14)17/h3-10,17-19H,11-12H2,1-2H3,(H,27,33)(H,28,30)(H,31,32)/t18-,19?/m0/s1. The van der Waals surface area contributed by atoms with Crippen molar-refractivity contribution in [3.63, 3.8) is 0 Å². The number of nitrogens with one attached hydrogen (secondary N) is 2. The van der Waals surface area contributed by atoms with E-state index in [9.17, 15) is 27.6 Å². The van der Waals surface area contributed by atoms with E-state index in [0.717, 1.165) is 22.3 Å². The molecule has 0 saturated heterocycles. The normalized spacial score (nSPS) is 14.6. The third-order valence-electron chi connectivity index (χ3n) is 5.36. The summed E-state index contributed by atoms with van der Waals surface area (Å²) in [4.78, 5) is 37.3. The molecule has 2 amide bonds. The number of benzene rings is 2. The number of carbonyl (C=O) groups is 3. The Kier molecular flexibility index (Phi) is 7.45. The van der Waals surface area contributed by atoms with Gasteiger partial charge in [-0.1, -0.05) is 48.5 Å². The van der Waals surface area contributed by atoms with Crippen LogP contribution in [0.15, 0.2) is 48.5 Å². The van der Waals surface area contributed by atoms with Gasteiger partial charge in [0.2, 0.25) is 11.9 Å². The van der Waals surface area contributed by atoms with Crippen LogP contribution in [0.1, 0.15) is 17.0 Å². The predicted molar refractivity (Wildman–Crippen MR) is 116 cm³/mol. The average Bonchev–Trinajstić information content (AvgIpc) is 3.08. The van der Waals surface area contributed by atoms with Crippen molar-refractivity contribution in [2.75, 3.05) is 27.2 Å². The lowest BCUT2D eigenvalue weighted by Crippen LogP contribution is -2.58. The first kappa shape index (κ1) is 25.0. The monoisotopic (exact) mass is 479 g/mol. The first-order chi connectivity index (χ1) is 16.0. The fourth-order valence-corrected chi connectivity index (χ4v) is 3.87. The largest absolute Gasteiger partial charge is 0.479 e. The summed E-state index contributed by atoms with van der Waals surface area (Å²) in [6.07, 6.45) is -6.21. The lowest BCUT2D eigenvalue weighted by Gasteiger charge is -2.24. The van der Waals surface area contributed by atoms with Gasteiger partial charge in [0.15, 0.2) is 0 Å². The lowest BCUT2D eigenvalue weighted by atomic mass is 9.98. The molecule has 34 heavy (non-hydrogen) atoms. The Morgan fingerprint density at radius 2 is 1.53 bits per heavy atom. The minimum atomic E-state index is -5.20. The molecule has 2 aromatic carbocycles. The van der Waals surface area contributed by atoms with Gasteiger partial charge in [-0.25, -0.2) is 9.59 Å². The second-order valence-electron chi connectivity index (χ2n) is 8.11. The highest BCUT2D eigenvalue weighted by atomic mass is 19.4. The first-order valence-electron chi connectivity index (χ1n) is 10.3. The van der Waals surface area contributed by atoms with Crippen LogP contribution in [-0.2, 0) is 14.3 Å². The Hall–Kier alpha value is -3.60. The Labute approximate surface area is 193 Å². The van der Waals surface area contributed by atoms with Gasteiger partial charge in [0.25, 0.3) is 0 Å². The maximum absolute atomic E-state index is 12.9. The molecule has 1 aliphatic rings. The zero-order valence-electron chi connectivity index (χ0n) is 18.4. The van der Waals surface area contributed by atoms with Crippen LogP contribution in [0.5, 0.6) is 0 Å². The molecule has 0 heterocycles. The van der Waals surface area contributed by atoms with Gasteiger partial charge in [0.1, 0.15) is 12.6 Å². The van der Waals surface area contributed by atoms with E-state index < -0.39 is 36.2 Å². The summed E-state index contributed by atoms with van der Waals surface area (Å²) in [7, 11) is 3.08. The average molecular weight is 479 g/mol. The molecule has 3 N–H and O–H groups in total. The zero-order valence-corrected chi connectivity index (χ0v) is 18.4. The molecular weight excluding hydrogens is 455 g/mol. The molecule has 0 bridgehead atoms. The van der Waals surface area contributed by atoms with Crippen molar-refractivity contribution in [3.8, 4) is 11.1 Å². The second kappa shape index (κ2) is 10.1. The third-order valence-corrected chi connectivity index (χ3v) is 5.36. The molecule has 0 radical (unpaired) electrons. The molecule has 2 atom stereocenters.